The molecule has 0 aliphatic carbocycles. The molecule has 0 spiro atoms. The molecule has 3 rings (SSSR count). The molecular formula is C15H13N3OS. The molecule has 5 heteroatoms. The molecule has 2 heterocycles. The van der Waals surface area contributed by atoms with E-state index < -0.39 is 0 Å². The van der Waals surface area contributed by atoms with Gasteiger partial charge in [0, 0.05) is 18.1 Å². The zero-order chi connectivity index (χ0) is 13.8. The number of hydrogen-bond acceptors (Lipinski definition) is 5. The second-order valence-corrected chi connectivity index (χ2v) is 5.31. The molecule has 20 heavy (non-hydrogen) atoms. The van der Waals surface area contributed by atoms with Crippen LogP contribution in [0, 0.1) is 0 Å². The summed E-state index contributed by atoms with van der Waals surface area (Å²) in [6, 6.07) is 13.8. The number of anilines is 2. The van der Waals surface area contributed by atoms with Gasteiger partial charge in [-0.2, -0.15) is 0 Å². The third-order valence-corrected chi connectivity index (χ3v) is 3.80. The smallest absolute Gasteiger partial charge is 0.130 e. The molecule has 0 unspecified atom stereocenters. The highest BCUT2D eigenvalue weighted by molar-refractivity contribution is 7.15. The first kappa shape index (κ1) is 12.8. The molecule has 0 amide bonds. The monoisotopic (exact) mass is 283 g/mol. The lowest BCUT2D eigenvalue weighted by Gasteiger charge is -2.06. The minimum Gasteiger partial charge on any atom is -0.389 e. The van der Waals surface area contributed by atoms with E-state index in [4.69, 9.17) is 5.11 Å². The third-order valence-electron chi connectivity index (χ3n) is 2.77. The summed E-state index contributed by atoms with van der Waals surface area (Å²) < 4.78 is 0. The van der Waals surface area contributed by atoms with Gasteiger partial charge in [0.05, 0.1) is 11.5 Å². The van der Waals surface area contributed by atoms with Crippen molar-refractivity contribution in [3.05, 3.63) is 59.9 Å². The Balaban J connectivity index is 1.86. The quantitative estimate of drug-likeness (QED) is 0.770. The predicted molar refractivity (Wildman–Crippen MR) is 81.0 cm³/mol. The van der Waals surface area contributed by atoms with Gasteiger partial charge in [-0.3, -0.25) is 0 Å². The molecule has 3 aromatic rings. The molecule has 2 N–H and O–H groups in total. The van der Waals surface area contributed by atoms with Crippen molar-refractivity contribution < 1.29 is 5.11 Å². The van der Waals surface area contributed by atoms with Crippen molar-refractivity contribution in [3.8, 4) is 10.4 Å². The van der Waals surface area contributed by atoms with E-state index in [1.54, 1.807) is 12.4 Å². The molecule has 0 atom stereocenters. The van der Waals surface area contributed by atoms with E-state index in [1.165, 1.54) is 11.3 Å². The number of benzene rings is 1. The highest BCUT2D eigenvalue weighted by atomic mass is 32.1. The molecule has 0 aliphatic rings. The van der Waals surface area contributed by atoms with E-state index in [9.17, 15) is 0 Å². The summed E-state index contributed by atoms with van der Waals surface area (Å²) in [6.07, 6.45) is 3.54. The number of nitrogens with zero attached hydrogens (tertiary/aromatic N) is 2. The van der Waals surface area contributed by atoms with Gasteiger partial charge in [-0.15, -0.1) is 11.3 Å². The number of aliphatic hydroxyl groups is 1. The average molecular weight is 283 g/mol. The number of aliphatic hydroxyl groups excluding tert-OH is 1. The topological polar surface area (TPSA) is 58.0 Å². The van der Waals surface area contributed by atoms with Gasteiger partial charge in [-0.25, -0.2) is 9.97 Å². The molecule has 2 aromatic heterocycles. The number of rotatable bonds is 4. The first-order valence-electron chi connectivity index (χ1n) is 6.19. The molecule has 100 valence electrons. The number of pyridine rings is 1. The van der Waals surface area contributed by atoms with Gasteiger partial charge >= 0.3 is 0 Å². The van der Waals surface area contributed by atoms with Crippen molar-refractivity contribution in [2.75, 3.05) is 5.32 Å². The Kier molecular flexibility index (Phi) is 3.71. The van der Waals surface area contributed by atoms with Crippen molar-refractivity contribution in [3.63, 3.8) is 0 Å². The molecule has 0 saturated carbocycles. The number of nitrogens with one attached hydrogen (secondary N) is 1. The third kappa shape index (κ3) is 2.84. The Morgan fingerprint density at radius 2 is 2.05 bits per heavy atom. The fourth-order valence-corrected chi connectivity index (χ4v) is 2.63. The Bertz CT molecular complexity index is 697. The second kappa shape index (κ2) is 5.81. The maximum absolute atomic E-state index is 9.07. The molecule has 0 saturated heterocycles. The highest BCUT2D eigenvalue weighted by Crippen LogP contribution is 2.28. The zero-order valence-electron chi connectivity index (χ0n) is 10.7. The van der Waals surface area contributed by atoms with Crippen LogP contribution in [0.5, 0.6) is 0 Å². The van der Waals surface area contributed by atoms with Crippen LogP contribution in [0.1, 0.15) is 5.01 Å². The van der Waals surface area contributed by atoms with E-state index in [-0.39, 0.29) is 6.61 Å². The van der Waals surface area contributed by atoms with Crippen LogP contribution < -0.4 is 5.32 Å². The molecule has 0 radical (unpaired) electrons. The Morgan fingerprint density at radius 3 is 2.80 bits per heavy atom. The summed E-state index contributed by atoms with van der Waals surface area (Å²) in [7, 11) is 0. The van der Waals surface area contributed by atoms with E-state index >= 15 is 0 Å². The lowest BCUT2D eigenvalue weighted by molar-refractivity contribution is 0.281. The first-order chi connectivity index (χ1) is 9.85. The second-order valence-electron chi connectivity index (χ2n) is 4.20. The number of thiazole rings is 1. The van der Waals surface area contributed by atoms with Crippen LogP contribution in [0.25, 0.3) is 10.4 Å². The van der Waals surface area contributed by atoms with Gasteiger partial charge in [0.2, 0.25) is 0 Å². The van der Waals surface area contributed by atoms with Crippen LogP contribution in [-0.2, 0) is 6.61 Å². The van der Waals surface area contributed by atoms with Crippen molar-refractivity contribution in [2.24, 2.45) is 0 Å². The Labute approximate surface area is 120 Å². The zero-order valence-corrected chi connectivity index (χ0v) is 11.5. The molecule has 0 aliphatic heterocycles. The van der Waals surface area contributed by atoms with Gasteiger partial charge in [-0.1, -0.05) is 18.2 Å². The maximum Gasteiger partial charge on any atom is 0.130 e. The highest BCUT2D eigenvalue weighted by Gasteiger charge is 2.04. The van der Waals surface area contributed by atoms with Crippen molar-refractivity contribution in [1.82, 2.24) is 9.97 Å². The van der Waals surface area contributed by atoms with Gasteiger partial charge < -0.3 is 10.4 Å². The minimum atomic E-state index is -0.0173. The van der Waals surface area contributed by atoms with Crippen LogP contribution in [0.3, 0.4) is 0 Å². The molecule has 0 bridgehead atoms. The summed E-state index contributed by atoms with van der Waals surface area (Å²) in [5.41, 5.74) is 2.04. The van der Waals surface area contributed by atoms with Gasteiger partial charge in [-0.05, 0) is 29.8 Å². The summed E-state index contributed by atoms with van der Waals surface area (Å²) >= 11 is 1.50. The maximum atomic E-state index is 9.07. The molecule has 4 nitrogen and oxygen atoms in total. The fourth-order valence-electron chi connectivity index (χ4n) is 1.85. The largest absolute Gasteiger partial charge is 0.389 e. The van der Waals surface area contributed by atoms with E-state index in [1.807, 2.05) is 42.5 Å². The van der Waals surface area contributed by atoms with E-state index in [0.29, 0.717) is 0 Å². The minimum absolute atomic E-state index is 0.0173. The average Bonchev–Trinajstić information content (AvgIpc) is 2.98. The van der Waals surface area contributed by atoms with Gasteiger partial charge in [0.15, 0.2) is 0 Å². The van der Waals surface area contributed by atoms with Crippen LogP contribution in [0.2, 0.25) is 0 Å². The van der Waals surface area contributed by atoms with E-state index in [2.05, 4.69) is 15.3 Å². The van der Waals surface area contributed by atoms with Crippen LogP contribution in [0.4, 0.5) is 11.5 Å². The molecule has 0 fully saturated rings. The summed E-state index contributed by atoms with van der Waals surface area (Å²) in [5.74, 6) is 0.810. The number of hydrogen-bond donors (Lipinski definition) is 2. The van der Waals surface area contributed by atoms with Crippen LogP contribution >= 0.6 is 11.3 Å². The lowest BCUT2D eigenvalue weighted by Crippen LogP contribution is -1.92. The van der Waals surface area contributed by atoms with Gasteiger partial charge in [0.1, 0.15) is 10.8 Å². The first-order valence-corrected chi connectivity index (χ1v) is 7.01. The lowest BCUT2D eigenvalue weighted by atomic mass is 10.2. The summed E-state index contributed by atoms with van der Waals surface area (Å²) in [4.78, 5) is 9.44. The fraction of sp³-hybridized carbons (Fsp3) is 0.0667. The molecular weight excluding hydrogens is 270 g/mol. The summed E-state index contributed by atoms with van der Waals surface area (Å²) in [5, 5.41) is 13.1. The number of aromatic nitrogens is 2. The van der Waals surface area contributed by atoms with Gasteiger partial charge in [0.25, 0.3) is 0 Å². The van der Waals surface area contributed by atoms with Crippen molar-refractivity contribution in [2.45, 2.75) is 6.61 Å². The van der Waals surface area contributed by atoms with Crippen molar-refractivity contribution >= 4 is 22.8 Å². The van der Waals surface area contributed by atoms with E-state index in [0.717, 1.165) is 27.0 Å². The Hall–Kier alpha value is -2.24. The van der Waals surface area contributed by atoms with Crippen molar-refractivity contribution in [1.29, 1.82) is 0 Å². The van der Waals surface area contributed by atoms with Crippen LogP contribution in [0.15, 0.2) is 54.9 Å². The SMILES string of the molecule is OCc1ncc(-c2cccc(Nc3ccccn3)c2)s1. The summed E-state index contributed by atoms with van der Waals surface area (Å²) in [6.45, 7) is -0.0173. The standard InChI is InChI=1S/C15H13N3OS/c19-10-15-17-9-13(20-15)11-4-3-5-12(8-11)18-14-6-1-2-7-16-14/h1-9,19H,10H2,(H,16,18). The predicted octanol–water partition coefficient (Wildman–Crippen LogP) is 3.44. The van der Waals surface area contributed by atoms with Crippen LogP contribution in [-0.4, -0.2) is 15.1 Å². The Morgan fingerprint density at radius 1 is 1.10 bits per heavy atom. The normalized spacial score (nSPS) is 10.4. The molecule has 1 aromatic carbocycles.